The smallest absolute Gasteiger partial charge is 0.170 e. The Morgan fingerprint density at radius 2 is 1.97 bits per heavy atom. The van der Waals surface area contributed by atoms with E-state index in [0.29, 0.717) is 39.6 Å². The molecule has 0 aliphatic rings. The van der Waals surface area contributed by atoms with Crippen LogP contribution >= 0.6 is 9.24 Å². The fourth-order valence-electron chi connectivity index (χ4n) is 3.36. The molecular formula is C21H20F2N5OP. The molecule has 2 unspecified atom stereocenters. The van der Waals surface area contributed by atoms with Gasteiger partial charge in [0.25, 0.3) is 0 Å². The number of anilines is 1. The maximum Gasteiger partial charge on any atom is 0.170 e. The summed E-state index contributed by atoms with van der Waals surface area (Å²) in [5, 5.41) is 11.4. The molecule has 30 heavy (non-hydrogen) atoms. The number of aromatic nitrogens is 4. The number of ether oxygens (including phenoxy) is 1. The van der Waals surface area contributed by atoms with Crippen LogP contribution in [0.25, 0.3) is 16.8 Å². The van der Waals surface area contributed by atoms with Crippen molar-refractivity contribution in [2.75, 3.05) is 12.4 Å². The number of alkyl halides is 1. The van der Waals surface area contributed by atoms with Crippen molar-refractivity contribution in [2.45, 2.75) is 19.4 Å². The predicted molar refractivity (Wildman–Crippen MR) is 115 cm³/mol. The summed E-state index contributed by atoms with van der Waals surface area (Å²) in [6.45, 7) is 2.02. The van der Waals surface area contributed by atoms with Crippen molar-refractivity contribution in [3.05, 3.63) is 71.6 Å². The summed E-state index contributed by atoms with van der Waals surface area (Å²) in [7, 11) is 3.64. The van der Waals surface area contributed by atoms with Gasteiger partial charge in [0, 0.05) is 28.9 Å². The van der Waals surface area contributed by atoms with Crippen LogP contribution in [0.4, 0.5) is 14.6 Å². The van der Waals surface area contributed by atoms with Crippen LogP contribution in [0.1, 0.15) is 22.9 Å². The maximum absolute atomic E-state index is 14.2. The third-order valence-corrected chi connectivity index (χ3v) is 5.13. The first-order valence-electron chi connectivity index (χ1n) is 9.25. The number of rotatable bonds is 6. The van der Waals surface area contributed by atoms with Gasteiger partial charge < -0.3 is 10.1 Å². The van der Waals surface area contributed by atoms with E-state index in [4.69, 9.17) is 4.74 Å². The average Bonchev–Trinajstić information content (AvgIpc) is 3.23. The van der Waals surface area contributed by atoms with Gasteiger partial charge in [-0.2, -0.15) is 0 Å². The van der Waals surface area contributed by atoms with E-state index in [0.717, 1.165) is 5.69 Å². The van der Waals surface area contributed by atoms with E-state index in [-0.39, 0.29) is 12.4 Å². The van der Waals surface area contributed by atoms with Crippen molar-refractivity contribution in [1.82, 2.24) is 19.6 Å². The molecule has 0 saturated heterocycles. The number of methoxy groups -OCH3 is 1. The number of aryl methyl sites for hydroxylation is 1. The summed E-state index contributed by atoms with van der Waals surface area (Å²) in [6, 6.07) is 12.0. The van der Waals surface area contributed by atoms with E-state index in [1.165, 1.54) is 13.2 Å². The molecule has 0 amide bonds. The Morgan fingerprint density at radius 1 is 1.17 bits per heavy atom. The fraction of sp³-hybridized carbons (Fsp3) is 0.190. The molecule has 0 fully saturated rings. The molecule has 1 aromatic carbocycles. The van der Waals surface area contributed by atoms with Crippen LogP contribution in [0.3, 0.4) is 0 Å². The first-order valence-corrected chi connectivity index (χ1v) is 9.92. The number of hydrogen-bond donors (Lipinski definition) is 1. The zero-order chi connectivity index (χ0) is 21.3. The largest absolute Gasteiger partial charge is 0.496 e. The molecule has 3 heterocycles. The van der Waals surface area contributed by atoms with Gasteiger partial charge in [-0.25, -0.2) is 8.78 Å². The van der Waals surface area contributed by atoms with Gasteiger partial charge in [0.2, 0.25) is 0 Å². The quantitative estimate of drug-likeness (QED) is 0.452. The van der Waals surface area contributed by atoms with Crippen LogP contribution in [-0.4, -0.2) is 26.7 Å². The molecule has 154 valence electrons. The van der Waals surface area contributed by atoms with Crippen LogP contribution in [0, 0.1) is 12.7 Å². The van der Waals surface area contributed by atoms with Crippen molar-refractivity contribution < 1.29 is 13.5 Å². The normalized spacial score (nSPS) is 12.2. The lowest BCUT2D eigenvalue weighted by atomic mass is 10.0. The summed E-state index contributed by atoms with van der Waals surface area (Å²) in [5.74, 6) is -0.547. The molecule has 4 rings (SSSR count). The van der Waals surface area contributed by atoms with E-state index in [9.17, 15) is 8.78 Å². The Bertz CT molecular complexity index is 1210. The van der Waals surface area contributed by atoms with E-state index in [1.54, 1.807) is 22.9 Å². The first-order chi connectivity index (χ1) is 14.5. The minimum absolute atomic E-state index is 0.206. The van der Waals surface area contributed by atoms with Crippen molar-refractivity contribution in [2.24, 2.45) is 0 Å². The van der Waals surface area contributed by atoms with Gasteiger partial charge in [0.1, 0.15) is 23.7 Å². The summed E-state index contributed by atoms with van der Waals surface area (Å²) in [5.41, 5.74) is 3.35. The lowest BCUT2D eigenvalue weighted by Crippen LogP contribution is -2.07. The summed E-state index contributed by atoms with van der Waals surface area (Å²) < 4.78 is 35.4. The lowest BCUT2D eigenvalue weighted by Gasteiger charge is -2.15. The maximum atomic E-state index is 14.2. The van der Waals surface area contributed by atoms with Crippen molar-refractivity contribution in [3.63, 3.8) is 0 Å². The Balaban J connectivity index is 1.73. The van der Waals surface area contributed by atoms with Crippen LogP contribution in [-0.2, 0) is 6.54 Å². The summed E-state index contributed by atoms with van der Waals surface area (Å²) in [4.78, 5) is 4.34. The second-order valence-electron chi connectivity index (χ2n) is 6.72. The SMILES string of the molecule is COc1cccc(F)c1CNc1ccc(-c2ccc(C)nc2C(F)P)c2nncn12. The number of fused-ring (bicyclic) bond motifs is 1. The molecule has 4 aromatic rings. The third-order valence-electron chi connectivity index (χ3n) is 4.81. The highest BCUT2D eigenvalue weighted by Gasteiger charge is 2.18. The topological polar surface area (TPSA) is 64.3 Å². The molecule has 1 N–H and O–H groups in total. The molecule has 3 aromatic heterocycles. The molecule has 0 radical (unpaired) electrons. The molecule has 0 aliphatic heterocycles. The van der Waals surface area contributed by atoms with Crippen LogP contribution in [0.2, 0.25) is 0 Å². The molecule has 0 spiro atoms. The van der Waals surface area contributed by atoms with Gasteiger partial charge in [-0.15, -0.1) is 10.2 Å². The Morgan fingerprint density at radius 3 is 2.73 bits per heavy atom. The molecule has 0 saturated carbocycles. The second-order valence-corrected chi connectivity index (χ2v) is 7.30. The molecule has 2 atom stereocenters. The first kappa shape index (κ1) is 20.2. The van der Waals surface area contributed by atoms with E-state index in [2.05, 4.69) is 29.7 Å². The van der Waals surface area contributed by atoms with E-state index >= 15 is 0 Å². The number of halogens is 2. The summed E-state index contributed by atoms with van der Waals surface area (Å²) in [6.07, 6.45) is 1.55. The zero-order valence-electron chi connectivity index (χ0n) is 16.4. The lowest BCUT2D eigenvalue weighted by molar-refractivity contribution is 0.405. The highest BCUT2D eigenvalue weighted by atomic mass is 31.0. The van der Waals surface area contributed by atoms with Crippen LogP contribution in [0.15, 0.2) is 48.8 Å². The van der Waals surface area contributed by atoms with Crippen molar-refractivity contribution in [3.8, 4) is 16.9 Å². The molecule has 0 aliphatic carbocycles. The monoisotopic (exact) mass is 427 g/mol. The van der Waals surface area contributed by atoms with Gasteiger partial charge in [0.05, 0.1) is 12.8 Å². The van der Waals surface area contributed by atoms with Crippen molar-refractivity contribution >= 4 is 20.7 Å². The summed E-state index contributed by atoms with van der Waals surface area (Å²) >= 11 is 0. The van der Waals surface area contributed by atoms with E-state index in [1.807, 2.05) is 31.2 Å². The number of pyridine rings is 2. The van der Waals surface area contributed by atoms with E-state index < -0.39 is 5.91 Å². The predicted octanol–water partition coefficient (Wildman–Crippen LogP) is 4.70. The minimum atomic E-state index is -1.31. The van der Waals surface area contributed by atoms with Gasteiger partial charge in [-0.1, -0.05) is 21.4 Å². The van der Waals surface area contributed by atoms with Gasteiger partial charge in [-0.05, 0) is 37.3 Å². The Labute approximate surface area is 174 Å². The number of nitrogens with zero attached hydrogens (tertiary/aromatic N) is 4. The highest BCUT2D eigenvalue weighted by molar-refractivity contribution is 7.16. The molecular weight excluding hydrogens is 407 g/mol. The minimum Gasteiger partial charge on any atom is -0.496 e. The van der Waals surface area contributed by atoms with Crippen LogP contribution < -0.4 is 10.1 Å². The number of hydrogen-bond acceptors (Lipinski definition) is 5. The second kappa shape index (κ2) is 8.32. The molecule has 9 heteroatoms. The van der Waals surface area contributed by atoms with Crippen LogP contribution in [0.5, 0.6) is 5.75 Å². The molecule has 0 bridgehead atoms. The van der Waals surface area contributed by atoms with Gasteiger partial charge >= 0.3 is 0 Å². The standard InChI is InChI=1S/C21H20F2N5OP/c1-12-6-7-13(19(26-12)20(23)30)14-8-9-18(28-11-25-27-21(14)28)24-10-15-16(22)4-3-5-17(15)29-2/h3-9,11,20,24H,10,30H2,1-2H3. The molecule has 6 nitrogen and oxygen atoms in total. The Hall–Kier alpha value is -3.12. The highest BCUT2D eigenvalue weighted by Crippen LogP contribution is 2.35. The van der Waals surface area contributed by atoms with Crippen molar-refractivity contribution in [1.29, 1.82) is 0 Å². The Kier molecular flexibility index (Phi) is 5.59. The zero-order valence-corrected chi connectivity index (χ0v) is 17.6. The fourth-order valence-corrected chi connectivity index (χ4v) is 3.62. The number of benzene rings is 1. The van der Waals surface area contributed by atoms with Gasteiger partial charge in [0.15, 0.2) is 11.6 Å². The van der Waals surface area contributed by atoms with Gasteiger partial charge in [-0.3, -0.25) is 9.38 Å². The third kappa shape index (κ3) is 3.71. The number of nitrogens with one attached hydrogen (secondary N) is 1. The average molecular weight is 427 g/mol.